The average molecular weight is 437 g/mol. The lowest BCUT2D eigenvalue weighted by Gasteiger charge is -2.13. The van der Waals surface area contributed by atoms with Gasteiger partial charge in [-0.3, -0.25) is 10.1 Å². The molecule has 0 unspecified atom stereocenters. The van der Waals surface area contributed by atoms with Crippen LogP contribution in [0, 0.1) is 27.7 Å². The zero-order valence-corrected chi connectivity index (χ0v) is 18.6. The summed E-state index contributed by atoms with van der Waals surface area (Å²) in [6.45, 7) is 7.84. The van der Waals surface area contributed by atoms with Crippen molar-refractivity contribution in [1.29, 1.82) is 0 Å². The molecule has 152 valence electrons. The molecule has 0 aliphatic heterocycles. The predicted molar refractivity (Wildman–Crippen MR) is 123 cm³/mol. The Morgan fingerprint density at radius 3 is 2.50 bits per heavy atom. The minimum absolute atomic E-state index is 0.236. The molecule has 9 heteroatoms. The van der Waals surface area contributed by atoms with Crippen molar-refractivity contribution in [3.05, 3.63) is 64.5 Å². The lowest BCUT2D eigenvalue weighted by molar-refractivity contribution is 0.0977. The molecule has 1 amide bonds. The van der Waals surface area contributed by atoms with Gasteiger partial charge in [-0.2, -0.15) is 9.61 Å². The molecule has 0 aliphatic carbocycles. The molecular weight excluding hydrogens is 416 g/mol. The van der Waals surface area contributed by atoms with E-state index in [2.05, 4.69) is 25.9 Å². The van der Waals surface area contributed by atoms with E-state index in [0.717, 1.165) is 43.7 Å². The summed E-state index contributed by atoms with van der Waals surface area (Å²) < 4.78 is 1.74. The van der Waals surface area contributed by atoms with Crippen molar-refractivity contribution in [2.24, 2.45) is 0 Å². The van der Waals surface area contributed by atoms with Crippen LogP contribution in [0.25, 0.3) is 15.5 Å². The zero-order chi connectivity index (χ0) is 21.4. The van der Waals surface area contributed by atoms with Gasteiger partial charge >= 0.3 is 0 Å². The first-order valence-electron chi connectivity index (χ1n) is 9.31. The smallest absolute Gasteiger partial charge is 0.257 e. The number of aromatic nitrogens is 4. The molecule has 0 fully saturated rings. The number of hydrogen-bond acceptors (Lipinski definition) is 6. The van der Waals surface area contributed by atoms with Crippen LogP contribution >= 0.6 is 23.6 Å². The number of nitrogens with zero attached hydrogens (tertiary/aromatic N) is 4. The Bertz CT molecular complexity index is 1290. The maximum Gasteiger partial charge on any atom is 0.257 e. The maximum atomic E-state index is 12.5. The van der Waals surface area contributed by atoms with Crippen LogP contribution in [0.2, 0.25) is 0 Å². The van der Waals surface area contributed by atoms with E-state index < -0.39 is 0 Å². The van der Waals surface area contributed by atoms with E-state index in [1.807, 2.05) is 58.0 Å². The number of fused-ring (bicyclic) bond motifs is 1. The molecule has 0 saturated heterocycles. The molecule has 2 N–H and O–H groups in total. The molecule has 4 aromatic rings. The Labute approximate surface area is 183 Å². The van der Waals surface area contributed by atoms with Crippen molar-refractivity contribution in [1.82, 2.24) is 25.1 Å². The monoisotopic (exact) mass is 436 g/mol. The van der Waals surface area contributed by atoms with Crippen molar-refractivity contribution >= 4 is 45.2 Å². The second-order valence-electron chi connectivity index (χ2n) is 7.09. The van der Waals surface area contributed by atoms with Crippen LogP contribution < -0.4 is 10.6 Å². The number of hydrogen-bond donors (Lipinski definition) is 2. The van der Waals surface area contributed by atoms with Crippen LogP contribution in [0.3, 0.4) is 0 Å². The minimum Gasteiger partial charge on any atom is -0.332 e. The third-order valence-corrected chi connectivity index (χ3v) is 6.02. The first-order valence-corrected chi connectivity index (χ1v) is 10.5. The van der Waals surface area contributed by atoms with Crippen LogP contribution in [-0.2, 0) is 0 Å². The van der Waals surface area contributed by atoms with Crippen LogP contribution in [0.1, 0.15) is 32.9 Å². The Morgan fingerprint density at radius 2 is 1.80 bits per heavy atom. The Morgan fingerprint density at radius 1 is 1.00 bits per heavy atom. The minimum atomic E-state index is -0.236. The van der Waals surface area contributed by atoms with Crippen LogP contribution in [0.5, 0.6) is 0 Å². The molecule has 0 atom stereocenters. The van der Waals surface area contributed by atoms with Gasteiger partial charge in [-0.15, -0.1) is 10.2 Å². The highest BCUT2D eigenvalue weighted by Crippen LogP contribution is 2.28. The molecule has 0 radical (unpaired) electrons. The van der Waals surface area contributed by atoms with Gasteiger partial charge in [0.05, 0.1) is 0 Å². The van der Waals surface area contributed by atoms with Gasteiger partial charge in [0.15, 0.2) is 10.9 Å². The average Bonchev–Trinajstić information content (AvgIpc) is 3.27. The second-order valence-corrected chi connectivity index (χ2v) is 8.45. The van der Waals surface area contributed by atoms with Gasteiger partial charge in [-0.25, -0.2) is 0 Å². The number of carbonyl (C=O) groups excluding carboxylic acids is 1. The fourth-order valence-electron chi connectivity index (χ4n) is 2.98. The molecule has 2 heterocycles. The highest BCUT2D eigenvalue weighted by Gasteiger charge is 2.13. The third kappa shape index (κ3) is 3.94. The topological polar surface area (TPSA) is 84.2 Å². The lowest BCUT2D eigenvalue weighted by atomic mass is 10.1. The lowest BCUT2D eigenvalue weighted by Crippen LogP contribution is -2.34. The molecule has 4 rings (SSSR count). The summed E-state index contributed by atoms with van der Waals surface area (Å²) in [6.07, 6.45) is 0. The Balaban J connectivity index is 1.47. The van der Waals surface area contributed by atoms with Gasteiger partial charge in [0, 0.05) is 16.8 Å². The number of amides is 1. The van der Waals surface area contributed by atoms with Crippen molar-refractivity contribution in [2.45, 2.75) is 27.7 Å². The molecule has 2 aromatic heterocycles. The largest absolute Gasteiger partial charge is 0.332 e. The number of aryl methyl sites for hydroxylation is 4. The molecule has 0 aliphatic rings. The first-order chi connectivity index (χ1) is 14.3. The number of nitrogens with one attached hydrogen (secondary N) is 2. The van der Waals surface area contributed by atoms with Gasteiger partial charge in [-0.1, -0.05) is 17.4 Å². The molecule has 7 nitrogen and oxygen atoms in total. The number of carbonyl (C=O) groups is 1. The van der Waals surface area contributed by atoms with Crippen LogP contribution in [0.4, 0.5) is 5.69 Å². The maximum absolute atomic E-state index is 12.5. The van der Waals surface area contributed by atoms with Gasteiger partial charge < -0.3 is 5.32 Å². The third-order valence-electron chi connectivity index (χ3n) is 4.86. The normalized spacial score (nSPS) is 10.9. The van der Waals surface area contributed by atoms with Crippen LogP contribution in [0.15, 0.2) is 36.4 Å². The summed E-state index contributed by atoms with van der Waals surface area (Å²) in [7, 11) is 0. The first kappa shape index (κ1) is 20.1. The zero-order valence-electron chi connectivity index (χ0n) is 17.0. The summed E-state index contributed by atoms with van der Waals surface area (Å²) in [5, 5.41) is 19.6. The molecule has 2 aromatic carbocycles. The molecule has 0 bridgehead atoms. The standard InChI is InChI=1S/C21H20N6OS2/c1-11-5-6-15(9-12(11)2)18(28)23-20(29)22-17-8-7-16(10-13(17)3)19-26-27-14(4)24-25-21(27)30-19/h5-10H,1-4H3,(H2,22,23,28,29). The van der Waals surface area contributed by atoms with E-state index in [0.29, 0.717) is 5.56 Å². The summed E-state index contributed by atoms with van der Waals surface area (Å²) in [4.78, 5) is 13.2. The molecular formula is C21H20N6OS2. The SMILES string of the molecule is Cc1ccc(C(=O)NC(=S)Nc2ccc(-c3nn4c(C)nnc4s3)cc2C)cc1C. The molecule has 0 spiro atoms. The van der Waals surface area contributed by atoms with Gasteiger partial charge in [0.25, 0.3) is 5.91 Å². The Hall–Kier alpha value is -3.17. The number of thiocarbonyl (C=S) groups is 1. The number of anilines is 1. The van der Waals surface area contributed by atoms with Crippen molar-refractivity contribution in [3.63, 3.8) is 0 Å². The van der Waals surface area contributed by atoms with E-state index in [1.165, 1.54) is 11.3 Å². The van der Waals surface area contributed by atoms with Crippen LogP contribution in [-0.4, -0.2) is 30.8 Å². The highest BCUT2D eigenvalue weighted by atomic mass is 32.1. The summed E-state index contributed by atoms with van der Waals surface area (Å²) in [5.41, 5.74) is 5.57. The highest BCUT2D eigenvalue weighted by molar-refractivity contribution is 7.80. The van der Waals surface area contributed by atoms with E-state index in [4.69, 9.17) is 12.2 Å². The van der Waals surface area contributed by atoms with Crippen molar-refractivity contribution in [2.75, 3.05) is 5.32 Å². The fraction of sp³-hybridized carbons (Fsp3) is 0.190. The van der Waals surface area contributed by atoms with E-state index in [9.17, 15) is 4.79 Å². The fourth-order valence-corrected chi connectivity index (χ4v) is 4.06. The molecule has 30 heavy (non-hydrogen) atoms. The van der Waals surface area contributed by atoms with E-state index >= 15 is 0 Å². The van der Waals surface area contributed by atoms with E-state index in [1.54, 1.807) is 10.6 Å². The van der Waals surface area contributed by atoms with Gasteiger partial charge in [0.2, 0.25) is 4.96 Å². The van der Waals surface area contributed by atoms with E-state index in [-0.39, 0.29) is 11.0 Å². The van der Waals surface area contributed by atoms with Gasteiger partial charge in [-0.05, 0) is 86.9 Å². The quantitative estimate of drug-likeness (QED) is 0.468. The van der Waals surface area contributed by atoms with Gasteiger partial charge in [0.1, 0.15) is 5.01 Å². The number of benzene rings is 2. The second kappa shape index (κ2) is 7.92. The van der Waals surface area contributed by atoms with Crippen molar-refractivity contribution < 1.29 is 4.79 Å². The predicted octanol–water partition coefficient (Wildman–Crippen LogP) is 4.21. The summed E-state index contributed by atoms with van der Waals surface area (Å²) in [5.74, 6) is 0.521. The Kier molecular flexibility index (Phi) is 5.31. The van der Waals surface area contributed by atoms with Crippen molar-refractivity contribution in [3.8, 4) is 10.6 Å². The summed E-state index contributed by atoms with van der Waals surface area (Å²) in [6, 6.07) is 11.5. The summed E-state index contributed by atoms with van der Waals surface area (Å²) >= 11 is 6.81. The molecule has 0 saturated carbocycles. The number of rotatable bonds is 3.